The van der Waals surface area contributed by atoms with Crippen LogP contribution in [0, 0.1) is 17.8 Å². The first kappa shape index (κ1) is 16.4. The van der Waals surface area contributed by atoms with Gasteiger partial charge in [0, 0.05) is 7.11 Å². The van der Waals surface area contributed by atoms with E-state index >= 15 is 0 Å². The van der Waals surface area contributed by atoms with E-state index in [1.807, 2.05) is 27.7 Å². The highest BCUT2D eigenvalue weighted by Crippen LogP contribution is 2.33. The van der Waals surface area contributed by atoms with Crippen LogP contribution in [0.15, 0.2) is 0 Å². The Labute approximate surface area is 104 Å². The molecule has 0 heterocycles. The van der Waals surface area contributed by atoms with E-state index < -0.39 is 11.5 Å². The quantitative estimate of drug-likeness (QED) is 0.697. The van der Waals surface area contributed by atoms with Crippen molar-refractivity contribution in [1.82, 2.24) is 0 Å². The van der Waals surface area contributed by atoms with Gasteiger partial charge in [0.1, 0.15) is 5.60 Å². The van der Waals surface area contributed by atoms with Gasteiger partial charge >= 0.3 is 5.97 Å². The van der Waals surface area contributed by atoms with Crippen LogP contribution in [0.5, 0.6) is 0 Å². The van der Waals surface area contributed by atoms with Gasteiger partial charge in [0.15, 0.2) is 0 Å². The minimum atomic E-state index is -1.19. The molecule has 0 saturated carbocycles. The molecular formula is C13H26O4. The summed E-state index contributed by atoms with van der Waals surface area (Å²) in [5, 5.41) is 10.7. The maximum absolute atomic E-state index is 12.0. The first-order valence-electron chi connectivity index (χ1n) is 6.19. The molecule has 0 aliphatic rings. The summed E-state index contributed by atoms with van der Waals surface area (Å²) in [5.41, 5.74) is -1.19. The van der Waals surface area contributed by atoms with Crippen molar-refractivity contribution in [2.45, 2.75) is 40.2 Å². The van der Waals surface area contributed by atoms with Crippen molar-refractivity contribution in [3.05, 3.63) is 0 Å². The lowest BCUT2D eigenvalue weighted by atomic mass is 9.73. The van der Waals surface area contributed by atoms with Crippen LogP contribution in [0.2, 0.25) is 0 Å². The Kier molecular flexibility index (Phi) is 6.72. The second-order valence-electron chi connectivity index (χ2n) is 5.05. The van der Waals surface area contributed by atoms with E-state index in [0.717, 1.165) is 0 Å². The molecule has 2 unspecified atom stereocenters. The first-order valence-corrected chi connectivity index (χ1v) is 6.19. The van der Waals surface area contributed by atoms with Crippen LogP contribution in [0.25, 0.3) is 0 Å². The number of hydrogen-bond acceptors (Lipinski definition) is 4. The highest BCUT2D eigenvalue weighted by molar-refractivity contribution is 5.74. The number of carbonyl (C=O) groups excluding carboxylic acids is 1. The van der Waals surface area contributed by atoms with Gasteiger partial charge in [-0.05, 0) is 18.8 Å². The third kappa shape index (κ3) is 3.96. The van der Waals surface area contributed by atoms with Gasteiger partial charge in [0.25, 0.3) is 0 Å². The SMILES string of the molecule is CCOC(=O)C(C(C)C)C(O)(COC)C(C)C. The average Bonchev–Trinajstić information content (AvgIpc) is 2.17. The van der Waals surface area contributed by atoms with Crippen molar-refractivity contribution in [3.8, 4) is 0 Å². The maximum atomic E-state index is 12.0. The lowest BCUT2D eigenvalue weighted by molar-refractivity contribution is -0.174. The largest absolute Gasteiger partial charge is 0.466 e. The third-order valence-electron chi connectivity index (χ3n) is 3.12. The van der Waals surface area contributed by atoms with E-state index in [2.05, 4.69) is 0 Å². The topological polar surface area (TPSA) is 55.8 Å². The van der Waals surface area contributed by atoms with E-state index in [1.165, 1.54) is 7.11 Å². The fourth-order valence-electron chi connectivity index (χ4n) is 2.13. The average molecular weight is 246 g/mol. The molecule has 0 amide bonds. The van der Waals surface area contributed by atoms with Crippen LogP contribution in [0.4, 0.5) is 0 Å². The second-order valence-corrected chi connectivity index (χ2v) is 5.05. The van der Waals surface area contributed by atoms with Gasteiger partial charge in [-0.25, -0.2) is 0 Å². The van der Waals surface area contributed by atoms with Crippen molar-refractivity contribution in [2.75, 3.05) is 20.3 Å². The number of carbonyl (C=O) groups is 1. The zero-order chi connectivity index (χ0) is 13.6. The summed E-state index contributed by atoms with van der Waals surface area (Å²) in [6.07, 6.45) is 0. The first-order chi connectivity index (χ1) is 7.81. The van der Waals surface area contributed by atoms with Crippen molar-refractivity contribution in [2.24, 2.45) is 17.8 Å². The summed E-state index contributed by atoms with van der Waals surface area (Å²) in [5.74, 6) is -1.01. The summed E-state index contributed by atoms with van der Waals surface area (Å²) < 4.78 is 10.1. The Morgan fingerprint density at radius 1 is 1.29 bits per heavy atom. The number of rotatable bonds is 7. The van der Waals surface area contributed by atoms with E-state index in [0.29, 0.717) is 6.61 Å². The lowest BCUT2D eigenvalue weighted by Gasteiger charge is -2.39. The predicted octanol–water partition coefficient (Wildman–Crippen LogP) is 1.86. The summed E-state index contributed by atoms with van der Waals surface area (Å²) >= 11 is 0. The van der Waals surface area contributed by atoms with E-state index in [1.54, 1.807) is 6.92 Å². The molecule has 0 aromatic heterocycles. The molecule has 0 spiro atoms. The fourth-order valence-corrected chi connectivity index (χ4v) is 2.13. The predicted molar refractivity (Wildman–Crippen MR) is 66.6 cm³/mol. The molecule has 0 aliphatic heterocycles. The van der Waals surface area contributed by atoms with Crippen LogP contribution in [0.1, 0.15) is 34.6 Å². The summed E-state index contributed by atoms with van der Waals surface area (Å²) in [4.78, 5) is 12.0. The number of aliphatic hydroxyl groups is 1. The monoisotopic (exact) mass is 246 g/mol. The molecule has 0 radical (unpaired) electrons. The van der Waals surface area contributed by atoms with Crippen LogP contribution in [0.3, 0.4) is 0 Å². The molecule has 2 atom stereocenters. The molecule has 4 nitrogen and oxygen atoms in total. The molecule has 102 valence electrons. The van der Waals surface area contributed by atoms with Crippen LogP contribution < -0.4 is 0 Å². The molecule has 1 N–H and O–H groups in total. The molecule has 17 heavy (non-hydrogen) atoms. The number of esters is 1. The molecular weight excluding hydrogens is 220 g/mol. The third-order valence-corrected chi connectivity index (χ3v) is 3.12. The van der Waals surface area contributed by atoms with Crippen LogP contribution in [-0.2, 0) is 14.3 Å². The second kappa shape index (κ2) is 6.97. The van der Waals surface area contributed by atoms with Gasteiger partial charge in [-0.2, -0.15) is 0 Å². The molecule has 0 aliphatic carbocycles. The minimum absolute atomic E-state index is 0.00315. The van der Waals surface area contributed by atoms with E-state index in [4.69, 9.17) is 9.47 Å². The summed E-state index contributed by atoms with van der Waals surface area (Å²) in [7, 11) is 1.52. The van der Waals surface area contributed by atoms with Crippen molar-refractivity contribution in [3.63, 3.8) is 0 Å². The number of ether oxygens (including phenoxy) is 2. The Morgan fingerprint density at radius 3 is 2.12 bits per heavy atom. The van der Waals surface area contributed by atoms with Gasteiger partial charge in [-0.3, -0.25) is 4.79 Å². The van der Waals surface area contributed by atoms with Crippen LogP contribution >= 0.6 is 0 Å². The molecule has 0 bridgehead atoms. The normalized spacial score (nSPS) is 17.0. The number of hydrogen-bond donors (Lipinski definition) is 1. The van der Waals surface area contributed by atoms with Gasteiger partial charge in [0.2, 0.25) is 0 Å². The van der Waals surface area contributed by atoms with Gasteiger partial charge in [0.05, 0.1) is 19.1 Å². The number of methoxy groups -OCH3 is 1. The Balaban J connectivity index is 5.17. The van der Waals surface area contributed by atoms with Gasteiger partial charge in [-0.15, -0.1) is 0 Å². The zero-order valence-electron chi connectivity index (χ0n) is 11.8. The van der Waals surface area contributed by atoms with Crippen LogP contribution in [-0.4, -0.2) is 37.0 Å². The fraction of sp³-hybridized carbons (Fsp3) is 0.923. The Hall–Kier alpha value is -0.610. The summed E-state index contributed by atoms with van der Waals surface area (Å²) in [6.45, 7) is 9.80. The van der Waals surface area contributed by atoms with E-state index in [9.17, 15) is 9.90 Å². The molecule has 0 rings (SSSR count). The highest BCUT2D eigenvalue weighted by atomic mass is 16.5. The highest BCUT2D eigenvalue weighted by Gasteiger charge is 2.46. The van der Waals surface area contributed by atoms with Crippen molar-refractivity contribution >= 4 is 5.97 Å². The zero-order valence-corrected chi connectivity index (χ0v) is 11.8. The van der Waals surface area contributed by atoms with Crippen molar-refractivity contribution < 1.29 is 19.4 Å². The standard InChI is InChI=1S/C13H26O4/c1-7-17-12(14)11(9(2)3)13(15,8-16-6)10(4)5/h9-11,15H,7-8H2,1-6H3. The van der Waals surface area contributed by atoms with Gasteiger partial charge in [-0.1, -0.05) is 27.7 Å². The lowest BCUT2D eigenvalue weighted by Crippen LogP contribution is -2.52. The smallest absolute Gasteiger partial charge is 0.312 e. The maximum Gasteiger partial charge on any atom is 0.312 e. The molecule has 0 fully saturated rings. The molecule has 0 saturated heterocycles. The molecule has 0 aromatic carbocycles. The molecule has 4 heteroatoms. The summed E-state index contributed by atoms with van der Waals surface area (Å²) in [6, 6.07) is 0. The van der Waals surface area contributed by atoms with Crippen molar-refractivity contribution in [1.29, 1.82) is 0 Å². The van der Waals surface area contributed by atoms with Gasteiger partial charge < -0.3 is 14.6 Å². The Bertz CT molecular complexity index is 238. The molecule has 0 aromatic rings. The van der Waals surface area contributed by atoms with E-state index in [-0.39, 0.29) is 24.4 Å². The Morgan fingerprint density at radius 2 is 1.82 bits per heavy atom. The minimum Gasteiger partial charge on any atom is -0.466 e.